The third-order valence-electron chi connectivity index (χ3n) is 4.94. The summed E-state index contributed by atoms with van der Waals surface area (Å²) in [5, 5.41) is 19.8. The zero-order chi connectivity index (χ0) is 25.1. The van der Waals surface area contributed by atoms with Gasteiger partial charge in [-0.3, -0.25) is 4.79 Å². The Morgan fingerprint density at radius 3 is 2.63 bits per heavy atom. The summed E-state index contributed by atoms with van der Waals surface area (Å²) in [5.74, 6) is -1.06. The van der Waals surface area contributed by atoms with Crippen LogP contribution in [-0.2, 0) is 4.74 Å². The molecule has 35 heavy (non-hydrogen) atoms. The molecule has 0 spiro atoms. The summed E-state index contributed by atoms with van der Waals surface area (Å²) in [4.78, 5) is 25.9. The van der Waals surface area contributed by atoms with Gasteiger partial charge in [-0.2, -0.15) is 9.78 Å². The highest BCUT2D eigenvalue weighted by Crippen LogP contribution is 2.32. The number of carbonyl (C=O) groups excluding carboxylic acids is 2. The maximum absolute atomic E-state index is 13.1. The molecule has 4 rings (SSSR count). The van der Waals surface area contributed by atoms with Crippen LogP contribution in [0.15, 0.2) is 40.1 Å². The van der Waals surface area contributed by atoms with E-state index < -0.39 is 11.9 Å². The molecule has 0 radical (unpaired) electrons. The Bertz CT molecular complexity index is 1420. The van der Waals surface area contributed by atoms with Crippen LogP contribution < -0.4 is 16.9 Å². The lowest BCUT2D eigenvalue weighted by atomic mass is 10.1. The molecule has 1 aromatic carbocycles. The second-order valence-corrected chi connectivity index (χ2v) is 8.24. The third-order valence-corrected chi connectivity index (χ3v) is 6.17. The number of hydrogen-bond acceptors (Lipinski definition) is 12. The van der Waals surface area contributed by atoms with Gasteiger partial charge in [0.15, 0.2) is 5.69 Å². The Balaban J connectivity index is 1.66. The second kappa shape index (κ2) is 9.72. The first-order chi connectivity index (χ1) is 16.8. The van der Waals surface area contributed by atoms with Crippen molar-refractivity contribution in [3.63, 3.8) is 0 Å². The summed E-state index contributed by atoms with van der Waals surface area (Å²) < 4.78 is 11.0. The SMILES string of the molecule is CCOC(=O)c1c(N)sc(/C(C)=N/NC(=O)c2nnn(-c3nonc3N)c2-c2ccccc2)c1C. The number of hydrazone groups is 1. The Hall–Kier alpha value is -4.59. The van der Waals surface area contributed by atoms with E-state index in [1.54, 1.807) is 45.0 Å². The fourth-order valence-electron chi connectivity index (χ4n) is 3.35. The van der Waals surface area contributed by atoms with Gasteiger partial charge in [0, 0.05) is 5.56 Å². The number of benzene rings is 1. The van der Waals surface area contributed by atoms with Crippen molar-refractivity contribution in [2.45, 2.75) is 20.8 Å². The summed E-state index contributed by atoms with van der Waals surface area (Å²) >= 11 is 1.18. The van der Waals surface area contributed by atoms with Gasteiger partial charge < -0.3 is 16.2 Å². The molecule has 0 aliphatic carbocycles. The monoisotopic (exact) mass is 495 g/mol. The van der Waals surface area contributed by atoms with E-state index in [1.165, 1.54) is 16.0 Å². The molecular weight excluding hydrogens is 474 g/mol. The number of ether oxygens (including phenoxy) is 1. The maximum Gasteiger partial charge on any atom is 0.341 e. The minimum atomic E-state index is -0.628. The van der Waals surface area contributed by atoms with Crippen LogP contribution in [-0.4, -0.2) is 49.5 Å². The summed E-state index contributed by atoms with van der Waals surface area (Å²) in [6.07, 6.45) is 0. The van der Waals surface area contributed by atoms with Crippen molar-refractivity contribution in [2.24, 2.45) is 5.10 Å². The lowest BCUT2D eigenvalue weighted by Crippen LogP contribution is -2.21. The van der Waals surface area contributed by atoms with E-state index in [9.17, 15) is 9.59 Å². The first-order valence-corrected chi connectivity index (χ1v) is 11.2. The van der Waals surface area contributed by atoms with Crippen LogP contribution in [0.5, 0.6) is 0 Å². The van der Waals surface area contributed by atoms with Crippen LogP contribution in [0.4, 0.5) is 10.8 Å². The van der Waals surface area contributed by atoms with Crippen LogP contribution in [0, 0.1) is 6.92 Å². The fourth-order valence-corrected chi connectivity index (χ4v) is 4.36. The molecule has 0 unspecified atom stereocenters. The number of amides is 1. The number of esters is 1. The number of thiophene rings is 1. The highest BCUT2D eigenvalue weighted by molar-refractivity contribution is 7.18. The molecule has 4 aromatic rings. The largest absolute Gasteiger partial charge is 0.462 e. The number of nitrogens with zero attached hydrogens (tertiary/aromatic N) is 6. The third kappa shape index (κ3) is 4.46. The first-order valence-electron chi connectivity index (χ1n) is 10.3. The number of hydrogen-bond donors (Lipinski definition) is 3. The standard InChI is InChI=1S/C21H21N9O4S/c1-4-33-21(32)13-10(2)16(35-18(13)23)11(3)24-26-20(31)14-15(12-8-6-5-7-9-12)30(29-25-14)19-17(22)27-34-28-19/h5-9H,4,23H2,1-3H3,(H2,22,27)(H,26,31)/b24-11+. The van der Waals surface area contributed by atoms with Crippen molar-refractivity contribution in [1.82, 2.24) is 30.7 Å². The minimum absolute atomic E-state index is 0.0175. The molecule has 180 valence electrons. The van der Waals surface area contributed by atoms with Crippen LogP contribution in [0.3, 0.4) is 0 Å². The quantitative estimate of drug-likeness (QED) is 0.195. The number of anilines is 2. The summed E-state index contributed by atoms with van der Waals surface area (Å²) in [6.45, 7) is 5.37. The number of nitrogens with two attached hydrogens (primary N) is 2. The molecule has 13 nitrogen and oxygen atoms in total. The molecule has 3 heterocycles. The maximum atomic E-state index is 13.1. The molecule has 14 heteroatoms. The Kier molecular flexibility index (Phi) is 6.55. The van der Waals surface area contributed by atoms with E-state index in [-0.39, 0.29) is 23.9 Å². The predicted octanol–water partition coefficient (Wildman–Crippen LogP) is 2.18. The van der Waals surface area contributed by atoms with Crippen molar-refractivity contribution in [3.8, 4) is 17.1 Å². The first kappa shape index (κ1) is 23.6. The van der Waals surface area contributed by atoms with Gasteiger partial charge in [0.1, 0.15) is 10.7 Å². The van der Waals surface area contributed by atoms with E-state index in [2.05, 4.69) is 35.8 Å². The second-order valence-electron chi connectivity index (χ2n) is 7.19. The number of nitrogens with one attached hydrogen (secondary N) is 1. The molecule has 5 N–H and O–H groups in total. The van der Waals surface area contributed by atoms with E-state index in [0.29, 0.717) is 38.0 Å². The smallest absolute Gasteiger partial charge is 0.341 e. The number of nitrogen functional groups attached to an aromatic ring is 2. The van der Waals surface area contributed by atoms with Crippen LogP contribution in [0.1, 0.15) is 45.1 Å². The lowest BCUT2D eigenvalue weighted by molar-refractivity contribution is 0.0527. The van der Waals surface area contributed by atoms with Gasteiger partial charge in [0.2, 0.25) is 11.6 Å². The van der Waals surface area contributed by atoms with Crippen molar-refractivity contribution in [1.29, 1.82) is 0 Å². The normalized spacial score (nSPS) is 11.5. The molecular formula is C21H21N9O4S. The lowest BCUT2D eigenvalue weighted by Gasteiger charge is -2.06. The topological polar surface area (TPSA) is 189 Å². The van der Waals surface area contributed by atoms with Gasteiger partial charge in [-0.05, 0) is 36.6 Å². The Morgan fingerprint density at radius 2 is 1.97 bits per heavy atom. The Morgan fingerprint density at radius 1 is 1.23 bits per heavy atom. The molecule has 1 amide bonds. The molecule has 0 atom stereocenters. The zero-order valence-electron chi connectivity index (χ0n) is 19.0. The van der Waals surface area contributed by atoms with Gasteiger partial charge in [-0.1, -0.05) is 35.5 Å². The van der Waals surface area contributed by atoms with Gasteiger partial charge in [-0.15, -0.1) is 16.4 Å². The van der Waals surface area contributed by atoms with Gasteiger partial charge >= 0.3 is 5.97 Å². The zero-order valence-corrected chi connectivity index (χ0v) is 19.8. The molecule has 0 fully saturated rings. The molecule has 0 saturated heterocycles. The summed E-state index contributed by atoms with van der Waals surface area (Å²) in [7, 11) is 0. The Labute approximate surface area is 202 Å². The predicted molar refractivity (Wildman–Crippen MR) is 128 cm³/mol. The van der Waals surface area contributed by atoms with Crippen LogP contribution >= 0.6 is 11.3 Å². The van der Waals surface area contributed by atoms with Gasteiger partial charge in [0.25, 0.3) is 5.91 Å². The van der Waals surface area contributed by atoms with E-state index in [1.807, 2.05) is 6.07 Å². The highest BCUT2D eigenvalue weighted by Gasteiger charge is 2.26. The number of rotatable bonds is 7. The van der Waals surface area contributed by atoms with Crippen LogP contribution in [0.2, 0.25) is 0 Å². The average Bonchev–Trinajstić information content (AvgIpc) is 3.54. The molecule has 3 aromatic heterocycles. The fraction of sp³-hybridized carbons (Fsp3) is 0.190. The molecule has 0 saturated carbocycles. The van der Waals surface area contributed by atoms with Crippen molar-refractivity contribution < 1.29 is 19.0 Å². The van der Waals surface area contributed by atoms with E-state index in [0.717, 1.165) is 0 Å². The number of carbonyl (C=O) groups is 2. The van der Waals surface area contributed by atoms with Crippen molar-refractivity contribution in [3.05, 3.63) is 52.0 Å². The molecule has 0 aliphatic rings. The van der Waals surface area contributed by atoms with Gasteiger partial charge in [0.05, 0.1) is 22.8 Å². The molecule has 0 bridgehead atoms. The minimum Gasteiger partial charge on any atom is -0.462 e. The van der Waals surface area contributed by atoms with Gasteiger partial charge in [-0.25, -0.2) is 14.8 Å². The highest BCUT2D eigenvalue weighted by atomic mass is 32.1. The van der Waals surface area contributed by atoms with Crippen molar-refractivity contribution in [2.75, 3.05) is 18.1 Å². The number of aromatic nitrogens is 5. The molecule has 0 aliphatic heterocycles. The van der Waals surface area contributed by atoms with Crippen molar-refractivity contribution >= 4 is 39.7 Å². The van der Waals surface area contributed by atoms with Crippen LogP contribution in [0.25, 0.3) is 17.1 Å². The average molecular weight is 496 g/mol. The van der Waals surface area contributed by atoms with E-state index in [4.69, 9.17) is 16.2 Å². The van der Waals surface area contributed by atoms with E-state index >= 15 is 0 Å². The summed E-state index contributed by atoms with van der Waals surface area (Å²) in [5.41, 5.74) is 16.6. The summed E-state index contributed by atoms with van der Waals surface area (Å²) in [6, 6.07) is 8.98.